The second-order valence-corrected chi connectivity index (χ2v) is 7.06. The van der Waals surface area contributed by atoms with E-state index in [0.29, 0.717) is 15.5 Å². The van der Waals surface area contributed by atoms with E-state index in [1.165, 1.54) is 29.9 Å². The molecule has 1 aliphatic carbocycles. The Morgan fingerprint density at radius 2 is 1.57 bits per heavy atom. The Morgan fingerprint density at radius 3 is 2.14 bits per heavy atom. The Labute approximate surface area is 133 Å². The van der Waals surface area contributed by atoms with Crippen molar-refractivity contribution in [2.45, 2.75) is 39.5 Å². The molecule has 0 amide bonds. The second-order valence-electron chi connectivity index (χ2n) is 4.85. The van der Waals surface area contributed by atoms with Crippen LogP contribution in [0.4, 0.5) is 0 Å². The third kappa shape index (κ3) is 3.61. The fraction of sp³-hybridized carbons (Fsp3) is 0.533. The van der Waals surface area contributed by atoms with Gasteiger partial charge in [-0.3, -0.25) is 9.59 Å². The van der Waals surface area contributed by atoms with Gasteiger partial charge in [-0.15, -0.1) is 23.5 Å². The molecule has 0 saturated carbocycles. The zero-order chi connectivity index (χ0) is 15.2. The maximum Gasteiger partial charge on any atom is 0.221 e. The third-order valence-corrected chi connectivity index (χ3v) is 5.66. The van der Waals surface area contributed by atoms with Crippen molar-refractivity contribution >= 4 is 35.1 Å². The van der Waals surface area contributed by atoms with Gasteiger partial charge < -0.3 is 4.98 Å². The molecule has 1 aliphatic rings. The number of hydrogen-bond acceptors (Lipinski definition) is 5. The molecule has 4 nitrogen and oxygen atoms in total. The van der Waals surface area contributed by atoms with Crippen molar-refractivity contribution in [3.8, 4) is 0 Å². The summed E-state index contributed by atoms with van der Waals surface area (Å²) in [5, 5.41) is 0. The number of aromatic amines is 1. The highest BCUT2D eigenvalue weighted by atomic mass is 32.2. The van der Waals surface area contributed by atoms with Crippen LogP contribution in [0.1, 0.15) is 60.5 Å². The van der Waals surface area contributed by atoms with Crippen LogP contribution in [-0.2, 0) is 0 Å². The van der Waals surface area contributed by atoms with Gasteiger partial charge >= 0.3 is 0 Å². The van der Waals surface area contributed by atoms with Gasteiger partial charge in [0.25, 0.3) is 0 Å². The number of nitrogens with one attached hydrogen (secondary N) is 1. The largest absolute Gasteiger partial charge is 0.341 e. The number of allylic oxidation sites excluding steroid dienone is 2. The van der Waals surface area contributed by atoms with Gasteiger partial charge in [0, 0.05) is 0 Å². The number of rotatable bonds is 8. The average Bonchev–Trinajstić information content (AvgIpc) is 2.97. The lowest BCUT2D eigenvalue weighted by Gasteiger charge is -2.17. The molecular formula is C15H20N2O2S2. The lowest BCUT2D eigenvalue weighted by atomic mass is 10.1. The van der Waals surface area contributed by atoms with E-state index >= 15 is 0 Å². The quantitative estimate of drug-likeness (QED) is 0.730. The summed E-state index contributed by atoms with van der Waals surface area (Å²) >= 11 is 3.01. The molecule has 1 heterocycles. The molecule has 0 aromatic carbocycles. The number of hydrogen-bond donors (Lipinski definition) is 1. The number of fused-ring (bicyclic) bond motifs is 1. The van der Waals surface area contributed by atoms with Crippen molar-refractivity contribution in [3.63, 3.8) is 0 Å². The van der Waals surface area contributed by atoms with Gasteiger partial charge in [0.2, 0.25) is 11.6 Å². The molecule has 2 rings (SSSR count). The monoisotopic (exact) mass is 324 g/mol. The molecule has 114 valence electrons. The lowest BCUT2D eigenvalue weighted by Crippen LogP contribution is -2.20. The van der Waals surface area contributed by atoms with Crippen LogP contribution in [0, 0.1) is 0 Å². The number of Topliss-reactive ketones (excluding diaryl/α,β-unsaturated/α-hetero) is 2. The van der Waals surface area contributed by atoms with Gasteiger partial charge in [-0.2, -0.15) is 0 Å². The minimum absolute atomic E-state index is 0.0813. The summed E-state index contributed by atoms with van der Waals surface area (Å²) in [6.45, 7) is 4.23. The predicted octanol–water partition coefficient (Wildman–Crippen LogP) is 4.07. The minimum atomic E-state index is -0.106. The van der Waals surface area contributed by atoms with Crippen LogP contribution < -0.4 is 0 Å². The summed E-state index contributed by atoms with van der Waals surface area (Å²) in [7, 11) is 0. The first kappa shape index (κ1) is 16.4. The Hall–Kier alpha value is -1.01. The number of thioether (sulfide) groups is 2. The van der Waals surface area contributed by atoms with Gasteiger partial charge in [0.15, 0.2) is 0 Å². The first-order valence-electron chi connectivity index (χ1n) is 7.33. The number of aromatic nitrogens is 2. The minimum Gasteiger partial charge on any atom is -0.341 e. The Morgan fingerprint density at radius 1 is 1.00 bits per heavy atom. The normalized spacial score (nSPS) is 14.8. The summed E-state index contributed by atoms with van der Waals surface area (Å²) in [6, 6.07) is 0. The molecule has 1 aromatic heterocycles. The van der Waals surface area contributed by atoms with Crippen LogP contribution in [-0.4, -0.2) is 33.0 Å². The molecule has 6 heteroatoms. The van der Waals surface area contributed by atoms with Crippen molar-refractivity contribution in [1.82, 2.24) is 9.97 Å². The fourth-order valence-corrected chi connectivity index (χ4v) is 4.50. The highest BCUT2D eigenvalue weighted by Crippen LogP contribution is 2.37. The van der Waals surface area contributed by atoms with Crippen LogP contribution in [0.3, 0.4) is 0 Å². The Bertz CT molecular complexity index is 517. The van der Waals surface area contributed by atoms with Gasteiger partial charge in [-0.05, 0) is 24.3 Å². The first-order chi connectivity index (χ1) is 10.2. The highest BCUT2D eigenvalue weighted by Gasteiger charge is 2.34. The van der Waals surface area contributed by atoms with E-state index in [1.54, 1.807) is 0 Å². The summed E-state index contributed by atoms with van der Waals surface area (Å²) in [5.74, 6) is 1.54. The van der Waals surface area contributed by atoms with Crippen LogP contribution in [0.15, 0.2) is 16.1 Å². The molecule has 0 radical (unpaired) electrons. The number of carbonyl (C=O) groups is 2. The number of H-pyrrole nitrogens is 1. The van der Waals surface area contributed by atoms with Gasteiger partial charge in [-0.25, -0.2) is 4.98 Å². The number of unbranched alkanes of at least 4 members (excludes halogenated alkanes) is 2. The smallest absolute Gasteiger partial charge is 0.221 e. The van der Waals surface area contributed by atoms with E-state index in [4.69, 9.17) is 0 Å². The number of carbonyl (C=O) groups excluding carboxylic acids is 2. The summed E-state index contributed by atoms with van der Waals surface area (Å²) in [4.78, 5) is 33.1. The van der Waals surface area contributed by atoms with E-state index in [0.717, 1.165) is 37.2 Å². The van der Waals surface area contributed by atoms with Crippen LogP contribution in [0.25, 0.3) is 0 Å². The zero-order valence-electron chi connectivity index (χ0n) is 12.4. The molecule has 0 unspecified atom stereocenters. The van der Waals surface area contributed by atoms with E-state index in [-0.39, 0.29) is 17.3 Å². The van der Waals surface area contributed by atoms with Crippen molar-refractivity contribution in [3.05, 3.63) is 27.5 Å². The fourth-order valence-electron chi connectivity index (χ4n) is 1.97. The molecule has 1 aromatic rings. The lowest BCUT2D eigenvalue weighted by molar-refractivity contribution is 0.0983. The summed E-state index contributed by atoms with van der Waals surface area (Å²) in [6.07, 6.45) is 5.66. The van der Waals surface area contributed by atoms with Crippen molar-refractivity contribution in [2.24, 2.45) is 0 Å². The molecular weight excluding hydrogens is 304 g/mol. The van der Waals surface area contributed by atoms with E-state index in [9.17, 15) is 9.59 Å². The van der Waals surface area contributed by atoms with Gasteiger partial charge in [-0.1, -0.05) is 26.7 Å². The van der Waals surface area contributed by atoms with E-state index < -0.39 is 0 Å². The van der Waals surface area contributed by atoms with Crippen LogP contribution >= 0.6 is 23.5 Å². The first-order valence-corrected chi connectivity index (χ1v) is 9.30. The molecule has 0 fully saturated rings. The molecule has 0 spiro atoms. The number of ketones is 2. The van der Waals surface area contributed by atoms with Crippen LogP contribution in [0.2, 0.25) is 0 Å². The number of imidazole rings is 1. The molecule has 0 atom stereocenters. The zero-order valence-corrected chi connectivity index (χ0v) is 14.0. The van der Waals surface area contributed by atoms with Gasteiger partial charge in [0.05, 0.1) is 16.1 Å². The summed E-state index contributed by atoms with van der Waals surface area (Å²) in [5.41, 5.74) is 0.623. The standard InChI is InChI=1S/C15H20N2O2S2/c1-3-5-7-20-14-12(18)10-11(17-9-16-10)13(19)15(14)21-8-6-4-2/h9H,3-8H2,1-2H3,(H,16,17). The highest BCUT2D eigenvalue weighted by molar-refractivity contribution is 8.08. The SMILES string of the molecule is CCCCSC1=C(SCCCC)C(=O)c2[nH]cnc2C1=O. The molecule has 1 N–H and O–H groups in total. The Balaban J connectivity index is 2.26. The van der Waals surface area contributed by atoms with Crippen molar-refractivity contribution in [2.75, 3.05) is 11.5 Å². The van der Waals surface area contributed by atoms with E-state index in [2.05, 4.69) is 23.8 Å². The molecule has 21 heavy (non-hydrogen) atoms. The molecule has 0 saturated heterocycles. The topological polar surface area (TPSA) is 62.8 Å². The molecule has 0 aliphatic heterocycles. The molecule has 0 bridgehead atoms. The maximum atomic E-state index is 12.5. The summed E-state index contributed by atoms with van der Waals surface area (Å²) < 4.78 is 0. The van der Waals surface area contributed by atoms with Gasteiger partial charge in [0.1, 0.15) is 11.4 Å². The third-order valence-electron chi connectivity index (χ3n) is 3.19. The second kappa shape index (κ2) is 7.84. The van der Waals surface area contributed by atoms with Crippen LogP contribution in [0.5, 0.6) is 0 Å². The van der Waals surface area contributed by atoms with Crippen molar-refractivity contribution < 1.29 is 9.59 Å². The maximum absolute atomic E-state index is 12.5. The predicted molar refractivity (Wildman–Crippen MR) is 89.0 cm³/mol. The average molecular weight is 324 g/mol. The Kier molecular flexibility index (Phi) is 6.11. The van der Waals surface area contributed by atoms with E-state index in [1.807, 2.05) is 0 Å². The number of nitrogens with zero attached hydrogens (tertiary/aromatic N) is 1. The van der Waals surface area contributed by atoms with Crippen molar-refractivity contribution in [1.29, 1.82) is 0 Å².